The molecule has 1 aromatic carbocycles. The van der Waals surface area contributed by atoms with Crippen LogP contribution in [0, 0.1) is 0 Å². The van der Waals surface area contributed by atoms with Crippen molar-refractivity contribution in [3.05, 3.63) is 17.7 Å². The average molecular weight is 232 g/mol. The van der Waals surface area contributed by atoms with Gasteiger partial charge >= 0.3 is 0 Å². The van der Waals surface area contributed by atoms with Crippen molar-refractivity contribution in [1.82, 2.24) is 0 Å². The van der Waals surface area contributed by atoms with Gasteiger partial charge in [0.25, 0.3) is 0 Å². The maximum absolute atomic E-state index is 9.54. The number of benzene rings is 1. The summed E-state index contributed by atoms with van der Waals surface area (Å²) in [6, 6.07) is 1.92. The summed E-state index contributed by atoms with van der Waals surface area (Å²) in [5, 5.41) is 46.6. The first-order valence-corrected chi connectivity index (χ1v) is 4.82. The van der Waals surface area contributed by atoms with Crippen molar-refractivity contribution in [1.29, 1.82) is 0 Å². The molecule has 0 amide bonds. The van der Waals surface area contributed by atoms with E-state index in [1.54, 1.807) is 0 Å². The molecule has 0 heterocycles. The standard InChI is InChI=1S/C9H12O5S/c10-4-1-5(11)8(6(12)2-4)9(14)7(13)3-15/h1-2,7,9-15H,3H2. The molecule has 0 aliphatic carbocycles. The number of aromatic hydroxyl groups is 3. The Balaban J connectivity index is 3.13. The molecule has 84 valence electrons. The fourth-order valence-electron chi connectivity index (χ4n) is 1.20. The molecule has 5 N–H and O–H groups in total. The third-order valence-electron chi connectivity index (χ3n) is 1.97. The molecule has 0 saturated carbocycles. The van der Waals surface area contributed by atoms with Gasteiger partial charge in [-0.1, -0.05) is 0 Å². The number of hydrogen-bond donors (Lipinski definition) is 6. The third kappa shape index (κ3) is 2.47. The van der Waals surface area contributed by atoms with E-state index in [-0.39, 0.29) is 17.1 Å². The zero-order valence-corrected chi connectivity index (χ0v) is 8.59. The van der Waals surface area contributed by atoms with Gasteiger partial charge in [0.1, 0.15) is 23.4 Å². The quantitative estimate of drug-likeness (QED) is 0.416. The van der Waals surface area contributed by atoms with Crippen molar-refractivity contribution in [3.63, 3.8) is 0 Å². The van der Waals surface area contributed by atoms with E-state index in [1.165, 1.54) is 0 Å². The summed E-state index contributed by atoms with van der Waals surface area (Å²) in [5.74, 6) is -1.33. The maximum atomic E-state index is 9.54. The highest BCUT2D eigenvalue weighted by molar-refractivity contribution is 7.80. The molecular weight excluding hydrogens is 220 g/mol. The second-order valence-corrected chi connectivity index (χ2v) is 3.46. The van der Waals surface area contributed by atoms with Crippen LogP contribution in [0.25, 0.3) is 0 Å². The molecule has 0 spiro atoms. The number of aliphatic hydroxyl groups is 2. The second kappa shape index (κ2) is 4.61. The third-order valence-corrected chi connectivity index (χ3v) is 2.34. The summed E-state index contributed by atoms with van der Waals surface area (Å²) in [4.78, 5) is 0. The van der Waals surface area contributed by atoms with Gasteiger partial charge in [-0.15, -0.1) is 0 Å². The fraction of sp³-hybridized carbons (Fsp3) is 0.333. The summed E-state index contributed by atoms with van der Waals surface area (Å²) in [6.45, 7) is 0. The first-order valence-electron chi connectivity index (χ1n) is 4.19. The molecule has 0 aliphatic heterocycles. The molecular formula is C9H12O5S. The van der Waals surface area contributed by atoms with E-state index in [2.05, 4.69) is 12.6 Å². The minimum absolute atomic E-state index is 0.0269. The molecule has 2 unspecified atom stereocenters. The molecule has 0 saturated heterocycles. The van der Waals surface area contributed by atoms with E-state index in [0.717, 1.165) is 12.1 Å². The smallest absolute Gasteiger partial charge is 0.128 e. The fourth-order valence-corrected chi connectivity index (χ4v) is 1.40. The Morgan fingerprint density at radius 2 is 1.53 bits per heavy atom. The molecule has 0 aromatic heterocycles. The van der Waals surface area contributed by atoms with Crippen LogP contribution in [0.5, 0.6) is 17.2 Å². The van der Waals surface area contributed by atoms with Gasteiger partial charge in [-0.05, 0) is 0 Å². The van der Waals surface area contributed by atoms with Crippen molar-refractivity contribution in [2.24, 2.45) is 0 Å². The van der Waals surface area contributed by atoms with Crippen LogP contribution in [0.15, 0.2) is 12.1 Å². The van der Waals surface area contributed by atoms with Gasteiger partial charge in [-0.3, -0.25) is 0 Å². The highest BCUT2D eigenvalue weighted by atomic mass is 32.1. The molecule has 1 rings (SSSR count). The molecule has 0 aliphatic rings. The number of phenols is 3. The van der Waals surface area contributed by atoms with Crippen LogP contribution in [0.1, 0.15) is 11.7 Å². The van der Waals surface area contributed by atoms with Gasteiger partial charge in [0.05, 0.1) is 11.7 Å². The van der Waals surface area contributed by atoms with E-state index in [1.807, 2.05) is 0 Å². The second-order valence-electron chi connectivity index (χ2n) is 3.09. The summed E-state index contributed by atoms with van der Waals surface area (Å²) < 4.78 is 0. The summed E-state index contributed by atoms with van der Waals surface area (Å²) in [7, 11) is 0. The SMILES string of the molecule is Oc1cc(O)c(C(O)C(O)CS)c(O)c1. The zero-order chi connectivity index (χ0) is 11.6. The lowest BCUT2D eigenvalue weighted by molar-refractivity contribution is 0.0307. The van der Waals surface area contributed by atoms with Crippen LogP contribution >= 0.6 is 12.6 Å². The zero-order valence-electron chi connectivity index (χ0n) is 7.70. The topological polar surface area (TPSA) is 101 Å². The lowest BCUT2D eigenvalue weighted by Crippen LogP contribution is -2.19. The van der Waals surface area contributed by atoms with Crippen molar-refractivity contribution >= 4 is 12.6 Å². The van der Waals surface area contributed by atoms with Crippen molar-refractivity contribution < 1.29 is 25.5 Å². The van der Waals surface area contributed by atoms with Crippen molar-refractivity contribution in [2.45, 2.75) is 12.2 Å². The van der Waals surface area contributed by atoms with Gasteiger partial charge in [0.2, 0.25) is 0 Å². The molecule has 0 radical (unpaired) electrons. The van der Waals surface area contributed by atoms with Crippen LogP contribution in [0.4, 0.5) is 0 Å². The predicted molar refractivity (Wildman–Crippen MR) is 56.3 cm³/mol. The van der Waals surface area contributed by atoms with Gasteiger partial charge in [-0.2, -0.15) is 12.6 Å². The molecule has 0 fully saturated rings. The summed E-state index contributed by atoms with van der Waals surface area (Å²) in [6.07, 6.45) is -2.67. The number of aliphatic hydroxyl groups excluding tert-OH is 2. The summed E-state index contributed by atoms with van der Waals surface area (Å²) >= 11 is 3.77. The number of phenolic OH excluding ortho intramolecular Hbond substituents is 3. The predicted octanol–water partition coefficient (Wildman–Crippen LogP) is 0.127. The minimum Gasteiger partial charge on any atom is -0.508 e. The first-order chi connectivity index (χ1) is 6.97. The average Bonchev–Trinajstić information content (AvgIpc) is 2.14. The van der Waals surface area contributed by atoms with Crippen molar-refractivity contribution in [2.75, 3.05) is 5.75 Å². The lowest BCUT2D eigenvalue weighted by Gasteiger charge is -2.18. The van der Waals surface area contributed by atoms with Crippen molar-refractivity contribution in [3.8, 4) is 17.2 Å². The highest BCUT2D eigenvalue weighted by Gasteiger charge is 2.24. The summed E-state index contributed by atoms with van der Waals surface area (Å²) in [5.41, 5.74) is -0.227. The normalized spacial score (nSPS) is 14.9. The molecule has 6 heteroatoms. The Labute approximate surface area is 91.7 Å². The molecule has 2 atom stereocenters. The van der Waals surface area contributed by atoms with Crippen LogP contribution in [-0.4, -0.2) is 37.4 Å². The van der Waals surface area contributed by atoms with Gasteiger partial charge in [0, 0.05) is 17.9 Å². The van der Waals surface area contributed by atoms with Crippen LogP contribution in [-0.2, 0) is 0 Å². The van der Waals surface area contributed by atoms with E-state index < -0.39 is 23.7 Å². The van der Waals surface area contributed by atoms with E-state index in [9.17, 15) is 20.4 Å². The molecule has 5 nitrogen and oxygen atoms in total. The minimum atomic E-state index is -1.46. The molecule has 15 heavy (non-hydrogen) atoms. The molecule has 0 bridgehead atoms. The maximum Gasteiger partial charge on any atom is 0.128 e. The Hall–Kier alpha value is -1.11. The van der Waals surface area contributed by atoms with Gasteiger partial charge in [0.15, 0.2) is 0 Å². The Bertz CT molecular complexity index is 331. The largest absolute Gasteiger partial charge is 0.508 e. The monoisotopic (exact) mass is 232 g/mol. The van der Waals surface area contributed by atoms with Crippen LogP contribution in [0.2, 0.25) is 0 Å². The number of thiol groups is 1. The van der Waals surface area contributed by atoms with E-state index >= 15 is 0 Å². The Morgan fingerprint density at radius 1 is 1.07 bits per heavy atom. The van der Waals surface area contributed by atoms with Crippen LogP contribution < -0.4 is 0 Å². The highest BCUT2D eigenvalue weighted by Crippen LogP contribution is 2.37. The van der Waals surface area contributed by atoms with E-state index in [0.29, 0.717) is 0 Å². The van der Waals surface area contributed by atoms with E-state index in [4.69, 9.17) is 5.11 Å². The first kappa shape index (κ1) is 12.0. The number of rotatable bonds is 3. The lowest BCUT2D eigenvalue weighted by atomic mass is 10.0. The Morgan fingerprint density at radius 3 is 1.93 bits per heavy atom. The Kier molecular flexibility index (Phi) is 3.67. The molecule has 1 aromatic rings. The number of hydrogen-bond acceptors (Lipinski definition) is 6. The van der Waals surface area contributed by atoms with Gasteiger partial charge < -0.3 is 25.5 Å². The van der Waals surface area contributed by atoms with Crippen LogP contribution in [0.3, 0.4) is 0 Å². The van der Waals surface area contributed by atoms with Gasteiger partial charge in [-0.25, -0.2) is 0 Å².